The molecule has 2 atom stereocenters. The van der Waals surface area contributed by atoms with Crippen molar-refractivity contribution in [3.05, 3.63) is 113 Å². The lowest BCUT2D eigenvalue weighted by molar-refractivity contribution is -0.115. The zero-order valence-electron chi connectivity index (χ0n) is 21.9. The van der Waals surface area contributed by atoms with E-state index in [4.69, 9.17) is 0 Å². The molecule has 2 unspecified atom stereocenters. The van der Waals surface area contributed by atoms with Crippen LogP contribution in [0, 0.1) is 13.8 Å². The molecule has 1 aliphatic heterocycles. The summed E-state index contributed by atoms with van der Waals surface area (Å²) in [5, 5.41) is 2.92. The molecular formula is C32H33N3O2. The Labute approximate surface area is 218 Å². The Kier molecular flexibility index (Phi) is 6.70. The number of amides is 2. The fraction of sp³-hybridized carbons (Fsp3) is 0.250. The van der Waals surface area contributed by atoms with Crippen molar-refractivity contribution >= 4 is 23.2 Å². The second-order valence-corrected chi connectivity index (χ2v) is 9.89. The monoisotopic (exact) mass is 491 g/mol. The predicted molar refractivity (Wildman–Crippen MR) is 150 cm³/mol. The molecule has 5 rings (SSSR count). The molecule has 2 heterocycles. The Morgan fingerprint density at radius 3 is 2.16 bits per heavy atom. The lowest BCUT2D eigenvalue weighted by Gasteiger charge is -2.39. The minimum Gasteiger partial charge on any atom is -0.326 e. The van der Waals surface area contributed by atoms with Gasteiger partial charge in [0.2, 0.25) is 5.91 Å². The number of nitrogens with one attached hydrogen (secondary N) is 1. The molecule has 0 fully saturated rings. The molecule has 4 aromatic rings. The zero-order chi connectivity index (χ0) is 26.1. The van der Waals surface area contributed by atoms with Crippen molar-refractivity contribution in [2.75, 3.05) is 10.2 Å². The number of carbonyl (C=O) groups excluding carboxylic acids is 2. The van der Waals surface area contributed by atoms with Crippen LogP contribution in [0.5, 0.6) is 0 Å². The van der Waals surface area contributed by atoms with Crippen LogP contribution in [-0.4, -0.2) is 22.4 Å². The number of aromatic nitrogens is 1. The quantitative estimate of drug-likeness (QED) is 0.326. The second kappa shape index (κ2) is 10.1. The van der Waals surface area contributed by atoms with Crippen molar-refractivity contribution in [1.29, 1.82) is 0 Å². The first-order valence-corrected chi connectivity index (χ1v) is 12.9. The van der Waals surface area contributed by atoms with Gasteiger partial charge in [0.1, 0.15) is 0 Å². The van der Waals surface area contributed by atoms with Crippen LogP contribution in [0.4, 0.5) is 11.4 Å². The molecule has 1 N–H and O–H groups in total. The standard InChI is InChI=1S/C32H33N3O2/c1-5-31(36)33-26-16-12-24(13-17-26)29-20-23(4)35(30-9-7-6-8-28(29)30)32(37)25-14-18-27(19-15-25)34-21(2)10-11-22(34)3/h6-19,23,29H,5,20H2,1-4H3,(H,33,36). The van der Waals surface area contributed by atoms with Gasteiger partial charge in [-0.25, -0.2) is 0 Å². The van der Waals surface area contributed by atoms with Gasteiger partial charge < -0.3 is 14.8 Å². The maximum Gasteiger partial charge on any atom is 0.258 e. The van der Waals surface area contributed by atoms with Gasteiger partial charge in [0.25, 0.3) is 5.91 Å². The molecule has 5 nitrogen and oxygen atoms in total. The number of rotatable bonds is 5. The van der Waals surface area contributed by atoms with Crippen LogP contribution in [0.25, 0.3) is 5.69 Å². The summed E-state index contributed by atoms with van der Waals surface area (Å²) in [5.74, 6) is 0.196. The van der Waals surface area contributed by atoms with Crippen molar-refractivity contribution in [2.24, 2.45) is 0 Å². The third-order valence-electron chi connectivity index (χ3n) is 7.37. The van der Waals surface area contributed by atoms with E-state index in [1.807, 2.05) is 66.4 Å². The van der Waals surface area contributed by atoms with Crippen LogP contribution in [0.1, 0.15) is 65.5 Å². The average Bonchev–Trinajstić information content (AvgIpc) is 3.26. The van der Waals surface area contributed by atoms with E-state index in [1.165, 1.54) is 17.0 Å². The Morgan fingerprint density at radius 1 is 0.865 bits per heavy atom. The van der Waals surface area contributed by atoms with Gasteiger partial charge in [-0.3, -0.25) is 9.59 Å². The molecule has 5 heteroatoms. The van der Waals surface area contributed by atoms with Crippen LogP contribution in [0.3, 0.4) is 0 Å². The van der Waals surface area contributed by atoms with Crippen molar-refractivity contribution in [3.8, 4) is 5.69 Å². The highest BCUT2D eigenvalue weighted by molar-refractivity contribution is 6.07. The Bertz CT molecular complexity index is 1410. The Balaban J connectivity index is 1.43. The van der Waals surface area contributed by atoms with Crippen LogP contribution >= 0.6 is 0 Å². The fourth-order valence-electron chi connectivity index (χ4n) is 5.45. The topological polar surface area (TPSA) is 54.3 Å². The Morgan fingerprint density at radius 2 is 1.51 bits per heavy atom. The van der Waals surface area contributed by atoms with Crippen molar-refractivity contribution < 1.29 is 9.59 Å². The molecule has 1 aliphatic rings. The normalized spacial score (nSPS) is 16.8. The molecular weight excluding hydrogens is 458 g/mol. The third kappa shape index (κ3) is 4.69. The van der Waals surface area contributed by atoms with Crippen LogP contribution in [-0.2, 0) is 4.79 Å². The van der Waals surface area contributed by atoms with Crippen molar-refractivity contribution in [1.82, 2.24) is 4.57 Å². The molecule has 2 amide bonds. The summed E-state index contributed by atoms with van der Waals surface area (Å²) in [5.41, 5.74) is 8.17. The summed E-state index contributed by atoms with van der Waals surface area (Å²) >= 11 is 0. The molecule has 0 saturated carbocycles. The van der Waals surface area contributed by atoms with Crippen LogP contribution < -0.4 is 10.2 Å². The van der Waals surface area contributed by atoms with Gasteiger partial charge in [-0.2, -0.15) is 0 Å². The van der Waals surface area contributed by atoms with E-state index in [9.17, 15) is 9.59 Å². The van der Waals surface area contributed by atoms with Crippen LogP contribution in [0.15, 0.2) is 84.9 Å². The van der Waals surface area contributed by atoms with Gasteiger partial charge in [0.15, 0.2) is 0 Å². The van der Waals surface area contributed by atoms with E-state index in [-0.39, 0.29) is 23.8 Å². The van der Waals surface area contributed by atoms with Crippen LogP contribution in [0.2, 0.25) is 0 Å². The number of aryl methyl sites for hydroxylation is 2. The smallest absolute Gasteiger partial charge is 0.258 e. The average molecular weight is 492 g/mol. The largest absolute Gasteiger partial charge is 0.326 e. The number of fused-ring (bicyclic) bond motifs is 1. The van der Waals surface area contributed by atoms with Crippen molar-refractivity contribution in [3.63, 3.8) is 0 Å². The third-order valence-corrected chi connectivity index (χ3v) is 7.37. The molecule has 188 valence electrons. The van der Waals surface area contributed by atoms with Gasteiger partial charge in [-0.1, -0.05) is 37.3 Å². The minimum absolute atomic E-state index is 0.00481. The predicted octanol–water partition coefficient (Wildman–Crippen LogP) is 7.01. The first kappa shape index (κ1) is 24.6. The first-order chi connectivity index (χ1) is 17.9. The number of hydrogen-bond donors (Lipinski definition) is 1. The van der Waals surface area contributed by atoms with E-state index in [1.54, 1.807) is 0 Å². The highest BCUT2D eigenvalue weighted by Gasteiger charge is 2.34. The summed E-state index contributed by atoms with van der Waals surface area (Å²) in [6.07, 6.45) is 1.27. The molecule has 37 heavy (non-hydrogen) atoms. The maximum absolute atomic E-state index is 13.8. The number of carbonyl (C=O) groups is 2. The van der Waals surface area contributed by atoms with E-state index < -0.39 is 0 Å². The zero-order valence-corrected chi connectivity index (χ0v) is 21.9. The lowest BCUT2D eigenvalue weighted by Crippen LogP contribution is -2.43. The summed E-state index contributed by atoms with van der Waals surface area (Å²) in [6, 6.07) is 28.4. The van der Waals surface area contributed by atoms with E-state index in [0.717, 1.165) is 29.0 Å². The number of hydrogen-bond acceptors (Lipinski definition) is 2. The first-order valence-electron chi connectivity index (χ1n) is 12.9. The molecule has 0 bridgehead atoms. The van der Waals surface area contributed by atoms with Gasteiger partial charge in [-0.05, 0) is 92.9 Å². The molecule has 0 aliphatic carbocycles. The molecule has 0 saturated heterocycles. The minimum atomic E-state index is 0.00481. The number of benzene rings is 3. The fourth-order valence-corrected chi connectivity index (χ4v) is 5.45. The second-order valence-electron chi connectivity index (χ2n) is 9.89. The SMILES string of the molecule is CCC(=O)Nc1ccc(C2CC(C)N(C(=O)c3ccc(-n4c(C)ccc4C)cc3)c3ccccc32)cc1. The van der Waals surface area contributed by atoms with Gasteiger partial charge >= 0.3 is 0 Å². The lowest BCUT2D eigenvalue weighted by atomic mass is 9.81. The molecule has 0 spiro atoms. The van der Waals surface area contributed by atoms with Gasteiger partial charge in [0.05, 0.1) is 0 Å². The molecule has 0 radical (unpaired) electrons. The summed E-state index contributed by atoms with van der Waals surface area (Å²) in [7, 11) is 0. The number of anilines is 2. The molecule has 3 aromatic carbocycles. The highest BCUT2D eigenvalue weighted by Crippen LogP contribution is 2.42. The van der Waals surface area contributed by atoms with Crippen molar-refractivity contribution in [2.45, 2.75) is 52.5 Å². The highest BCUT2D eigenvalue weighted by atomic mass is 16.2. The summed E-state index contributed by atoms with van der Waals surface area (Å²) < 4.78 is 2.19. The summed E-state index contributed by atoms with van der Waals surface area (Å²) in [6.45, 7) is 8.14. The molecule has 1 aromatic heterocycles. The maximum atomic E-state index is 13.8. The van der Waals surface area contributed by atoms with Gasteiger partial charge in [-0.15, -0.1) is 0 Å². The summed E-state index contributed by atoms with van der Waals surface area (Å²) in [4.78, 5) is 27.5. The van der Waals surface area contributed by atoms with E-state index in [0.29, 0.717) is 12.0 Å². The number of nitrogens with zero attached hydrogens (tertiary/aromatic N) is 2. The number of para-hydroxylation sites is 1. The van der Waals surface area contributed by atoms with E-state index >= 15 is 0 Å². The van der Waals surface area contributed by atoms with Gasteiger partial charge in [0, 0.05) is 52.4 Å². The Hall–Kier alpha value is -4.12. The van der Waals surface area contributed by atoms with E-state index in [2.05, 4.69) is 61.0 Å².